The Morgan fingerprint density at radius 3 is 2.69 bits per heavy atom. The third-order valence-electron chi connectivity index (χ3n) is 2.72. The molecule has 2 rings (SSSR count). The lowest BCUT2D eigenvalue weighted by Gasteiger charge is -2.32. The smallest absolute Gasteiger partial charge is 0.150 e. The minimum absolute atomic E-state index is 0. The summed E-state index contributed by atoms with van der Waals surface area (Å²) in [6, 6.07) is 0. The van der Waals surface area contributed by atoms with E-state index in [-0.39, 0.29) is 12.4 Å². The molecule has 0 spiro atoms. The molecule has 6 heteroatoms. The Bertz CT molecular complexity index is 330. The fraction of sp³-hybridized carbons (Fsp3) is 0.600. The maximum Gasteiger partial charge on any atom is 0.150 e. The van der Waals surface area contributed by atoms with E-state index in [4.69, 9.17) is 16.3 Å². The molecule has 1 aliphatic heterocycles. The molecular weight excluding hydrogens is 249 g/mol. The molecule has 0 amide bonds. The lowest BCUT2D eigenvalue weighted by Crippen LogP contribution is -2.37. The van der Waals surface area contributed by atoms with Crippen LogP contribution in [0.3, 0.4) is 0 Å². The molecule has 0 saturated carbocycles. The standard InChI is InChI=1S/C10H14ClN3O.ClH/c1-15-8-2-4-14(5-3-8)10-9(11)6-12-7-13-10;/h6-8H,2-5H2,1H3;1H. The van der Waals surface area contributed by atoms with Crippen LogP contribution in [-0.2, 0) is 4.74 Å². The molecule has 0 radical (unpaired) electrons. The van der Waals surface area contributed by atoms with Crippen LogP contribution in [0.5, 0.6) is 0 Å². The van der Waals surface area contributed by atoms with Crippen molar-refractivity contribution in [2.75, 3.05) is 25.1 Å². The van der Waals surface area contributed by atoms with Crippen molar-refractivity contribution in [2.45, 2.75) is 18.9 Å². The van der Waals surface area contributed by atoms with Crippen LogP contribution >= 0.6 is 24.0 Å². The van der Waals surface area contributed by atoms with Gasteiger partial charge in [0, 0.05) is 20.2 Å². The van der Waals surface area contributed by atoms with Gasteiger partial charge in [-0.25, -0.2) is 9.97 Å². The molecule has 90 valence electrons. The van der Waals surface area contributed by atoms with E-state index in [0.717, 1.165) is 31.7 Å². The van der Waals surface area contributed by atoms with Crippen molar-refractivity contribution < 1.29 is 4.74 Å². The van der Waals surface area contributed by atoms with Crippen LogP contribution in [0.25, 0.3) is 0 Å². The molecule has 16 heavy (non-hydrogen) atoms. The number of aromatic nitrogens is 2. The Hall–Kier alpha value is -0.580. The van der Waals surface area contributed by atoms with Crippen LogP contribution in [-0.4, -0.2) is 36.3 Å². The lowest BCUT2D eigenvalue weighted by atomic mass is 10.1. The Balaban J connectivity index is 0.00000128. The maximum atomic E-state index is 6.03. The van der Waals surface area contributed by atoms with Crippen molar-refractivity contribution >= 4 is 29.8 Å². The predicted molar refractivity (Wildman–Crippen MR) is 66.5 cm³/mol. The van der Waals surface area contributed by atoms with Gasteiger partial charge in [-0.3, -0.25) is 0 Å². The number of methoxy groups -OCH3 is 1. The molecular formula is C10H15Cl2N3O. The molecule has 1 aliphatic rings. The predicted octanol–water partition coefficient (Wildman–Crippen LogP) is 2.17. The van der Waals surface area contributed by atoms with E-state index in [9.17, 15) is 0 Å². The van der Waals surface area contributed by atoms with Gasteiger partial charge in [-0.15, -0.1) is 12.4 Å². The average molecular weight is 264 g/mol. The zero-order valence-corrected chi connectivity index (χ0v) is 10.7. The molecule has 1 aromatic rings. The van der Waals surface area contributed by atoms with E-state index >= 15 is 0 Å². The van der Waals surface area contributed by atoms with Gasteiger partial charge in [-0.1, -0.05) is 11.6 Å². The number of hydrogen-bond acceptors (Lipinski definition) is 4. The highest BCUT2D eigenvalue weighted by Gasteiger charge is 2.20. The second-order valence-corrected chi connectivity index (χ2v) is 4.02. The summed E-state index contributed by atoms with van der Waals surface area (Å²) in [5.41, 5.74) is 0. The minimum atomic E-state index is 0. The van der Waals surface area contributed by atoms with Gasteiger partial charge in [-0.05, 0) is 12.8 Å². The van der Waals surface area contributed by atoms with Gasteiger partial charge in [0.15, 0.2) is 5.82 Å². The van der Waals surface area contributed by atoms with Gasteiger partial charge < -0.3 is 9.64 Å². The highest BCUT2D eigenvalue weighted by Crippen LogP contribution is 2.25. The summed E-state index contributed by atoms with van der Waals surface area (Å²) in [5, 5.41) is 0.619. The van der Waals surface area contributed by atoms with Crippen molar-refractivity contribution in [1.29, 1.82) is 0 Å². The second kappa shape index (κ2) is 6.23. The molecule has 0 aromatic carbocycles. The molecule has 0 aliphatic carbocycles. The van der Waals surface area contributed by atoms with Crippen LogP contribution in [0.1, 0.15) is 12.8 Å². The zero-order chi connectivity index (χ0) is 10.7. The topological polar surface area (TPSA) is 38.2 Å². The van der Waals surface area contributed by atoms with Crippen LogP contribution in [0.2, 0.25) is 5.02 Å². The fourth-order valence-corrected chi connectivity index (χ4v) is 2.07. The third-order valence-corrected chi connectivity index (χ3v) is 2.99. The first kappa shape index (κ1) is 13.5. The number of ether oxygens (including phenoxy) is 1. The molecule has 4 nitrogen and oxygen atoms in total. The van der Waals surface area contributed by atoms with Gasteiger partial charge >= 0.3 is 0 Å². The van der Waals surface area contributed by atoms with E-state index < -0.39 is 0 Å². The average Bonchev–Trinajstić information content (AvgIpc) is 2.30. The zero-order valence-electron chi connectivity index (χ0n) is 9.10. The highest BCUT2D eigenvalue weighted by atomic mass is 35.5. The summed E-state index contributed by atoms with van der Waals surface area (Å²) in [5.74, 6) is 0.834. The van der Waals surface area contributed by atoms with Crippen molar-refractivity contribution in [3.8, 4) is 0 Å². The summed E-state index contributed by atoms with van der Waals surface area (Å²) in [6.45, 7) is 1.88. The van der Waals surface area contributed by atoms with Gasteiger partial charge in [0.05, 0.1) is 12.3 Å². The molecule has 1 fully saturated rings. The largest absolute Gasteiger partial charge is 0.381 e. The Labute approximate surface area is 106 Å². The summed E-state index contributed by atoms with van der Waals surface area (Å²) in [7, 11) is 1.76. The normalized spacial score (nSPS) is 17.0. The number of hydrogen-bond donors (Lipinski definition) is 0. The van der Waals surface area contributed by atoms with Crippen LogP contribution in [0, 0.1) is 0 Å². The van der Waals surface area contributed by atoms with Crippen LogP contribution in [0.15, 0.2) is 12.5 Å². The van der Waals surface area contributed by atoms with Crippen LogP contribution < -0.4 is 4.90 Å². The first-order valence-corrected chi connectivity index (χ1v) is 5.42. The first-order chi connectivity index (χ1) is 7.31. The van der Waals surface area contributed by atoms with Crippen molar-refractivity contribution in [1.82, 2.24) is 9.97 Å². The Morgan fingerprint density at radius 2 is 2.12 bits per heavy atom. The van der Waals surface area contributed by atoms with E-state index in [1.807, 2.05) is 0 Å². The van der Waals surface area contributed by atoms with Gasteiger partial charge in [0.2, 0.25) is 0 Å². The number of nitrogens with zero attached hydrogens (tertiary/aromatic N) is 3. The molecule has 0 bridgehead atoms. The van der Waals surface area contributed by atoms with E-state index in [1.165, 1.54) is 6.33 Å². The number of halogens is 2. The number of piperidine rings is 1. The minimum Gasteiger partial charge on any atom is -0.381 e. The van der Waals surface area contributed by atoms with Crippen LogP contribution in [0.4, 0.5) is 5.82 Å². The Kier molecular flexibility index (Phi) is 5.25. The van der Waals surface area contributed by atoms with Crippen molar-refractivity contribution in [2.24, 2.45) is 0 Å². The summed E-state index contributed by atoms with van der Waals surface area (Å²) in [6.07, 6.45) is 5.59. The molecule has 0 N–H and O–H groups in total. The quantitative estimate of drug-likeness (QED) is 0.820. The van der Waals surface area contributed by atoms with Gasteiger partial charge in [-0.2, -0.15) is 0 Å². The van der Waals surface area contributed by atoms with E-state index in [0.29, 0.717) is 11.1 Å². The summed E-state index contributed by atoms with van der Waals surface area (Å²) >= 11 is 6.03. The van der Waals surface area contributed by atoms with Crippen molar-refractivity contribution in [3.05, 3.63) is 17.5 Å². The first-order valence-electron chi connectivity index (χ1n) is 5.04. The Morgan fingerprint density at radius 1 is 1.44 bits per heavy atom. The molecule has 1 aromatic heterocycles. The molecule has 0 atom stereocenters. The molecule has 0 unspecified atom stereocenters. The number of anilines is 1. The fourth-order valence-electron chi connectivity index (χ4n) is 1.84. The second-order valence-electron chi connectivity index (χ2n) is 3.62. The maximum absolute atomic E-state index is 6.03. The van der Waals surface area contributed by atoms with Gasteiger partial charge in [0.25, 0.3) is 0 Å². The van der Waals surface area contributed by atoms with E-state index in [2.05, 4.69) is 14.9 Å². The van der Waals surface area contributed by atoms with Gasteiger partial charge in [0.1, 0.15) is 11.3 Å². The third kappa shape index (κ3) is 2.97. The summed E-state index contributed by atoms with van der Waals surface area (Å²) in [4.78, 5) is 10.3. The number of rotatable bonds is 2. The summed E-state index contributed by atoms with van der Waals surface area (Å²) < 4.78 is 5.31. The monoisotopic (exact) mass is 263 g/mol. The van der Waals surface area contributed by atoms with Crippen molar-refractivity contribution in [3.63, 3.8) is 0 Å². The lowest BCUT2D eigenvalue weighted by molar-refractivity contribution is 0.0818. The van der Waals surface area contributed by atoms with E-state index in [1.54, 1.807) is 13.3 Å². The molecule has 2 heterocycles. The highest BCUT2D eigenvalue weighted by molar-refractivity contribution is 6.32. The SMILES string of the molecule is COC1CCN(c2ncncc2Cl)CC1.Cl. The molecule has 1 saturated heterocycles.